The molecule has 1 saturated heterocycles. The second kappa shape index (κ2) is 15.9. The van der Waals surface area contributed by atoms with E-state index in [4.69, 9.17) is 23.7 Å². The highest BCUT2D eigenvalue weighted by Gasteiger charge is 2.27. The number of anilines is 2. The van der Waals surface area contributed by atoms with E-state index in [0.717, 1.165) is 5.56 Å². The van der Waals surface area contributed by atoms with Crippen LogP contribution in [0.15, 0.2) is 90.0 Å². The number of benzene rings is 3. The molecule has 4 aromatic rings. The van der Waals surface area contributed by atoms with Crippen molar-refractivity contribution in [3.05, 3.63) is 96.2 Å². The smallest absolute Gasteiger partial charge is 0.412 e. The molecule has 264 valence electrons. The summed E-state index contributed by atoms with van der Waals surface area (Å²) in [7, 11) is -2.73. The number of methoxy groups -OCH3 is 1. The van der Waals surface area contributed by atoms with Crippen molar-refractivity contribution in [3.8, 4) is 23.0 Å². The van der Waals surface area contributed by atoms with Crippen molar-refractivity contribution >= 4 is 33.5 Å². The summed E-state index contributed by atoms with van der Waals surface area (Å²) in [4.78, 5) is 31.7. The summed E-state index contributed by atoms with van der Waals surface area (Å²) in [5, 5.41) is 2.52. The predicted octanol–water partition coefficient (Wildman–Crippen LogP) is 6.08. The van der Waals surface area contributed by atoms with Gasteiger partial charge < -0.3 is 28.6 Å². The molecule has 50 heavy (non-hydrogen) atoms. The molecule has 5 rings (SSSR count). The van der Waals surface area contributed by atoms with Crippen LogP contribution in [0.1, 0.15) is 36.7 Å². The Morgan fingerprint density at radius 1 is 0.900 bits per heavy atom. The lowest BCUT2D eigenvalue weighted by atomic mass is 9.87. The molecular formula is C36H40N4O9S. The third kappa shape index (κ3) is 9.21. The maximum Gasteiger partial charge on any atom is 0.412 e. The summed E-state index contributed by atoms with van der Waals surface area (Å²) in [5.74, 6) is 0.555. The number of sulfonamides is 1. The lowest BCUT2D eigenvalue weighted by molar-refractivity contribution is 0.0302. The maximum absolute atomic E-state index is 13.9. The van der Waals surface area contributed by atoms with E-state index in [1.165, 1.54) is 37.6 Å². The lowest BCUT2D eigenvalue weighted by Gasteiger charge is -2.27. The van der Waals surface area contributed by atoms with Crippen LogP contribution in [0.3, 0.4) is 0 Å². The zero-order chi connectivity index (χ0) is 35.7. The number of carbonyl (C=O) groups is 2. The van der Waals surface area contributed by atoms with Crippen molar-refractivity contribution < 1.29 is 41.7 Å². The van der Waals surface area contributed by atoms with Crippen LogP contribution in [-0.4, -0.2) is 76.9 Å². The average molecular weight is 705 g/mol. The summed E-state index contributed by atoms with van der Waals surface area (Å²) in [6, 6.07) is 21.3. The van der Waals surface area contributed by atoms with Crippen molar-refractivity contribution in [2.24, 2.45) is 0 Å². The molecule has 0 unspecified atom stereocenters. The van der Waals surface area contributed by atoms with Gasteiger partial charge in [0.1, 0.15) is 19.0 Å². The number of pyridine rings is 1. The number of aromatic nitrogens is 1. The molecule has 0 aliphatic carbocycles. The molecule has 1 aliphatic rings. The number of amides is 2. The largest absolute Gasteiger partial charge is 0.493 e. The van der Waals surface area contributed by atoms with Gasteiger partial charge in [0.15, 0.2) is 23.0 Å². The van der Waals surface area contributed by atoms with Crippen LogP contribution in [0.2, 0.25) is 0 Å². The second-order valence-corrected chi connectivity index (χ2v) is 13.9. The van der Waals surface area contributed by atoms with E-state index in [-0.39, 0.29) is 57.9 Å². The number of carbonyl (C=O) groups excluding carboxylic acids is 2. The Hall–Kier alpha value is -5.34. The summed E-state index contributed by atoms with van der Waals surface area (Å²) in [5.41, 5.74) is 0.860. The highest BCUT2D eigenvalue weighted by molar-refractivity contribution is 7.92. The number of nitrogens with one attached hydrogen (secondary N) is 2. The van der Waals surface area contributed by atoms with E-state index in [0.29, 0.717) is 37.9 Å². The molecule has 0 bridgehead atoms. The Morgan fingerprint density at radius 3 is 2.26 bits per heavy atom. The topological polar surface area (TPSA) is 155 Å². The maximum atomic E-state index is 13.9. The molecule has 0 atom stereocenters. The quantitative estimate of drug-likeness (QED) is 0.166. The van der Waals surface area contributed by atoms with Crippen LogP contribution in [0, 0.1) is 0 Å². The van der Waals surface area contributed by atoms with Gasteiger partial charge in [0.2, 0.25) is 0 Å². The molecule has 0 spiro atoms. The molecule has 2 heterocycles. The van der Waals surface area contributed by atoms with Crippen LogP contribution >= 0.6 is 0 Å². The van der Waals surface area contributed by atoms with Gasteiger partial charge in [-0.2, -0.15) is 0 Å². The molecule has 1 fully saturated rings. The van der Waals surface area contributed by atoms with E-state index in [9.17, 15) is 18.0 Å². The third-order valence-corrected chi connectivity index (χ3v) is 9.01. The first-order chi connectivity index (χ1) is 23.9. The third-order valence-electron chi connectivity index (χ3n) is 7.63. The number of rotatable bonds is 12. The fourth-order valence-electron chi connectivity index (χ4n) is 4.98. The lowest BCUT2D eigenvalue weighted by Crippen LogP contribution is -2.40. The van der Waals surface area contributed by atoms with Crippen LogP contribution in [0.25, 0.3) is 0 Å². The average Bonchev–Trinajstić information content (AvgIpc) is 3.11. The summed E-state index contributed by atoms with van der Waals surface area (Å²) < 4.78 is 58.8. The summed E-state index contributed by atoms with van der Waals surface area (Å²) in [6.45, 7) is 7.18. The molecule has 2 N–H and O–H groups in total. The van der Waals surface area contributed by atoms with Crippen LogP contribution in [-0.2, 0) is 24.9 Å². The van der Waals surface area contributed by atoms with Crippen molar-refractivity contribution in [2.75, 3.05) is 56.7 Å². The monoisotopic (exact) mass is 704 g/mol. The standard InChI is InChI=1S/C36H40N4O9S/c1-36(2,3)26-12-14-27(15-13-26)50(43,44)39-28-23-25(34(41)40-17-19-46-20-18-40)24-31(33(28)49-30-10-6-5-9-29(30)45-4)47-21-22-48-35(42)38-32-11-7-8-16-37-32/h5-16,23-24,39H,17-22H2,1-4H3,(H,37,38,42). The zero-order valence-corrected chi connectivity index (χ0v) is 29.1. The Kier molecular flexibility index (Phi) is 11.4. The molecule has 0 radical (unpaired) electrons. The van der Waals surface area contributed by atoms with Gasteiger partial charge in [-0.25, -0.2) is 18.2 Å². The normalized spacial score (nSPS) is 13.2. The highest BCUT2D eigenvalue weighted by atomic mass is 32.2. The fraction of sp³-hybridized carbons (Fsp3) is 0.306. The first kappa shape index (κ1) is 36.0. The molecule has 13 nitrogen and oxygen atoms in total. The number of nitrogens with zero attached hydrogens (tertiary/aromatic N) is 2. The number of ether oxygens (including phenoxy) is 5. The Morgan fingerprint density at radius 2 is 1.60 bits per heavy atom. The number of morpholine rings is 1. The van der Waals surface area contributed by atoms with E-state index < -0.39 is 16.1 Å². The van der Waals surface area contributed by atoms with Crippen molar-refractivity contribution in [1.29, 1.82) is 0 Å². The Balaban J connectivity index is 1.51. The van der Waals surface area contributed by atoms with E-state index in [2.05, 4.69) is 15.0 Å². The van der Waals surface area contributed by atoms with Crippen molar-refractivity contribution in [2.45, 2.75) is 31.1 Å². The van der Waals surface area contributed by atoms with Crippen molar-refractivity contribution in [1.82, 2.24) is 9.88 Å². The molecule has 2 amide bonds. The molecule has 0 saturated carbocycles. The van der Waals surface area contributed by atoms with E-state index in [1.54, 1.807) is 59.5 Å². The van der Waals surface area contributed by atoms with Crippen LogP contribution < -0.4 is 24.2 Å². The molecular weight excluding hydrogens is 664 g/mol. The van der Waals surface area contributed by atoms with Gasteiger partial charge in [-0.05, 0) is 59.5 Å². The van der Waals surface area contributed by atoms with Crippen molar-refractivity contribution in [3.63, 3.8) is 0 Å². The highest BCUT2D eigenvalue weighted by Crippen LogP contribution is 2.43. The van der Waals surface area contributed by atoms with Gasteiger partial charge in [-0.1, -0.05) is 51.1 Å². The Labute approximate surface area is 291 Å². The number of hydrogen-bond acceptors (Lipinski definition) is 10. The van der Waals surface area contributed by atoms with E-state index in [1.807, 2.05) is 20.8 Å². The van der Waals surface area contributed by atoms with Gasteiger partial charge in [-0.3, -0.25) is 14.8 Å². The van der Waals surface area contributed by atoms with Gasteiger partial charge in [0.25, 0.3) is 15.9 Å². The minimum Gasteiger partial charge on any atom is -0.493 e. The van der Waals surface area contributed by atoms with Gasteiger partial charge in [0.05, 0.1) is 30.9 Å². The summed E-state index contributed by atoms with van der Waals surface area (Å²) >= 11 is 0. The van der Waals surface area contributed by atoms with Gasteiger partial charge in [0, 0.05) is 24.8 Å². The summed E-state index contributed by atoms with van der Waals surface area (Å²) in [6.07, 6.45) is 0.778. The van der Waals surface area contributed by atoms with Gasteiger partial charge >= 0.3 is 6.09 Å². The molecule has 1 aliphatic heterocycles. The minimum atomic E-state index is -4.20. The SMILES string of the molecule is COc1ccccc1Oc1c(NS(=O)(=O)c2ccc(C(C)(C)C)cc2)cc(C(=O)N2CCOCC2)cc1OCCOC(=O)Nc1ccccn1. The zero-order valence-electron chi connectivity index (χ0n) is 28.3. The number of hydrogen-bond donors (Lipinski definition) is 2. The predicted molar refractivity (Wildman–Crippen MR) is 187 cm³/mol. The second-order valence-electron chi connectivity index (χ2n) is 12.2. The first-order valence-corrected chi connectivity index (χ1v) is 17.4. The fourth-order valence-corrected chi connectivity index (χ4v) is 6.03. The van der Waals surface area contributed by atoms with E-state index >= 15 is 0 Å². The minimum absolute atomic E-state index is 0.00781. The molecule has 1 aromatic heterocycles. The molecule has 14 heteroatoms. The van der Waals surface area contributed by atoms with Crippen LogP contribution in [0.4, 0.5) is 16.3 Å². The number of para-hydroxylation sites is 2. The molecule has 3 aromatic carbocycles. The Bertz CT molecular complexity index is 1890. The van der Waals surface area contributed by atoms with Gasteiger partial charge in [-0.15, -0.1) is 0 Å². The first-order valence-electron chi connectivity index (χ1n) is 15.9. The van der Waals surface area contributed by atoms with Crippen LogP contribution in [0.5, 0.6) is 23.0 Å².